The fourth-order valence-corrected chi connectivity index (χ4v) is 4.87. The van der Waals surface area contributed by atoms with Gasteiger partial charge in [0.2, 0.25) is 0 Å². The molecule has 2 saturated heterocycles. The lowest BCUT2D eigenvalue weighted by molar-refractivity contribution is 0.0758. The number of hydrogen-bond donors (Lipinski definition) is 0. The molecule has 2 fully saturated rings. The van der Waals surface area contributed by atoms with Crippen LogP contribution in [-0.4, -0.2) is 54.1 Å². The molecule has 3 heterocycles. The number of nitrogens with zero attached hydrogens (tertiary/aromatic N) is 3. The molecule has 0 saturated carbocycles. The number of halogens is 1. The van der Waals surface area contributed by atoms with Gasteiger partial charge in [-0.2, -0.15) is 0 Å². The first-order chi connectivity index (χ1) is 12.5. The zero-order valence-corrected chi connectivity index (χ0v) is 16.1. The highest BCUT2D eigenvalue weighted by Crippen LogP contribution is 2.44. The van der Waals surface area contributed by atoms with Gasteiger partial charge in [-0.05, 0) is 36.7 Å². The molecule has 1 aromatic carbocycles. The summed E-state index contributed by atoms with van der Waals surface area (Å²) < 4.78 is 7.09. The van der Waals surface area contributed by atoms with Gasteiger partial charge in [0.05, 0.1) is 12.1 Å². The molecule has 6 heteroatoms. The molecule has 138 valence electrons. The number of likely N-dealkylation sites (tertiary alicyclic amines) is 2. The van der Waals surface area contributed by atoms with E-state index in [9.17, 15) is 4.79 Å². The Labute approximate surface area is 159 Å². The lowest BCUT2D eigenvalue weighted by Crippen LogP contribution is -2.34. The molecule has 1 aromatic heterocycles. The van der Waals surface area contributed by atoms with Gasteiger partial charge in [0.25, 0.3) is 5.91 Å². The zero-order chi connectivity index (χ0) is 18.4. The molecular weight excluding hydrogens is 350 g/mol. The van der Waals surface area contributed by atoms with Crippen LogP contribution in [0, 0.1) is 11.8 Å². The minimum Gasteiger partial charge on any atom is -0.497 e. The molecule has 0 unspecified atom stereocenters. The Kier molecular flexibility index (Phi) is 4.45. The van der Waals surface area contributed by atoms with E-state index in [0.29, 0.717) is 28.6 Å². The molecule has 0 aliphatic carbocycles. The summed E-state index contributed by atoms with van der Waals surface area (Å²) in [5.41, 5.74) is 1.95. The first-order valence-corrected chi connectivity index (χ1v) is 9.31. The summed E-state index contributed by atoms with van der Waals surface area (Å²) in [5.74, 6) is 1.90. The van der Waals surface area contributed by atoms with Crippen LogP contribution in [0.3, 0.4) is 0 Å². The van der Waals surface area contributed by atoms with E-state index in [1.807, 2.05) is 28.6 Å². The molecule has 26 heavy (non-hydrogen) atoms. The Morgan fingerprint density at radius 1 is 1.15 bits per heavy atom. The van der Waals surface area contributed by atoms with E-state index in [1.165, 1.54) is 5.56 Å². The summed E-state index contributed by atoms with van der Waals surface area (Å²) in [6, 6.07) is 10.4. The van der Waals surface area contributed by atoms with E-state index in [2.05, 4.69) is 24.1 Å². The van der Waals surface area contributed by atoms with Crippen molar-refractivity contribution in [1.82, 2.24) is 14.4 Å². The van der Waals surface area contributed by atoms with Crippen LogP contribution in [0.15, 0.2) is 36.5 Å². The Morgan fingerprint density at radius 3 is 2.50 bits per heavy atom. The second-order valence-corrected chi connectivity index (χ2v) is 7.88. The molecule has 0 bridgehead atoms. The molecule has 0 radical (unpaired) electrons. The third-order valence-electron chi connectivity index (χ3n) is 5.83. The van der Waals surface area contributed by atoms with Crippen molar-refractivity contribution in [1.29, 1.82) is 0 Å². The second-order valence-electron chi connectivity index (χ2n) is 7.45. The fraction of sp³-hybridized carbons (Fsp3) is 0.450. The van der Waals surface area contributed by atoms with Crippen molar-refractivity contribution in [3.63, 3.8) is 0 Å². The maximum absolute atomic E-state index is 12.9. The number of aryl methyl sites for hydroxylation is 1. The van der Waals surface area contributed by atoms with E-state index < -0.39 is 0 Å². The van der Waals surface area contributed by atoms with Gasteiger partial charge in [-0.3, -0.25) is 9.69 Å². The summed E-state index contributed by atoms with van der Waals surface area (Å²) in [7, 11) is 5.73. The van der Waals surface area contributed by atoms with E-state index in [4.69, 9.17) is 16.3 Å². The number of aromatic nitrogens is 1. The van der Waals surface area contributed by atoms with Crippen LogP contribution in [-0.2, 0) is 7.05 Å². The lowest BCUT2D eigenvalue weighted by Gasteiger charge is -2.27. The monoisotopic (exact) mass is 373 g/mol. The zero-order valence-electron chi connectivity index (χ0n) is 15.4. The first-order valence-electron chi connectivity index (χ1n) is 8.93. The van der Waals surface area contributed by atoms with E-state index in [1.54, 1.807) is 19.4 Å². The number of hydrogen-bond acceptors (Lipinski definition) is 3. The highest BCUT2D eigenvalue weighted by atomic mass is 35.5. The molecule has 0 N–H and O–H groups in total. The van der Waals surface area contributed by atoms with Crippen LogP contribution in [0.4, 0.5) is 0 Å². The van der Waals surface area contributed by atoms with Gasteiger partial charge in [0.1, 0.15) is 11.4 Å². The normalized spacial score (nSPS) is 25.5. The minimum atomic E-state index is 0.0740. The average molecular weight is 374 g/mol. The van der Waals surface area contributed by atoms with Gasteiger partial charge < -0.3 is 14.2 Å². The number of rotatable bonds is 3. The van der Waals surface area contributed by atoms with Gasteiger partial charge in [0, 0.05) is 44.8 Å². The van der Waals surface area contributed by atoms with Gasteiger partial charge in [-0.1, -0.05) is 23.7 Å². The minimum absolute atomic E-state index is 0.0740. The molecule has 3 atom stereocenters. The van der Waals surface area contributed by atoms with Crippen molar-refractivity contribution in [2.24, 2.45) is 18.9 Å². The highest BCUT2D eigenvalue weighted by molar-refractivity contribution is 6.31. The quantitative estimate of drug-likeness (QED) is 0.829. The maximum atomic E-state index is 12.9. The number of carbonyl (C=O) groups excluding carboxylic acids is 1. The first kappa shape index (κ1) is 17.4. The van der Waals surface area contributed by atoms with Gasteiger partial charge in [-0.25, -0.2) is 0 Å². The Morgan fingerprint density at radius 2 is 1.88 bits per heavy atom. The van der Waals surface area contributed by atoms with Gasteiger partial charge in [0.15, 0.2) is 0 Å². The number of amides is 1. The summed E-state index contributed by atoms with van der Waals surface area (Å²) in [4.78, 5) is 17.3. The van der Waals surface area contributed by atoms with Crippen LogP contribution in [0.2, 0.25) is 5.02 Å². The molecule has 0 spiro atoms. The topological polar surface area (TPSA) is 37.7 Å². The Bertz CT molecular complexity index is 817. The third-order valence-corrected chi connectivity index (χ3v) is 6.04. The number of benzene rings is 1. The fourth-order valence-electron chi connectivity index (χ4n) is 4.63. The Balaban J connectivity index is 1.54. The SMILES string of the molecule is COc1ccc([C@@H]2[C@@H]3CN(C(=O)c4cc(Cl)cn4C)C[C@@H]3CN2C)cc1. The number of ether oxygens (including phenoxy) is 1. The van der Waals surface area contributed by atoms with E-state index >= 15 is 0 Å². The molecule has 2 aliphatic heterocycles. The van der Waals surface area contributed by atoms with Crippen molar-refractivity contribution in [2.75, 3.05) is 33.8 Å². The van der Waals surface area contributed by atoms with Crippen LogP contribution in [0.25, 0.3) is 0 Å². The predicted octanol–water partition coefficient (Wildman–Crippen LogP) is 3.06. The van der Waals surface area contributed by atoms with Crippen molar-refractivity contribution in [3.05, 3.63) is 52.8 Å². The van der Waals surface area contributed by atoms with Crippen molar-refractivity contribution in [3.8, 4) is 5.75 Å². The third kappa shape index (κ3) is 2.89. The predicted molar refractivity (Wildman–Crippen MR) is 102 cm³/mol. The summed E-state index contributed by atoms with van der Waals surface area (Å²) in [6.07, 6.45) is 1.78. The smallest absolute Gasteiger partial charge is 0.270 e. The van der Waals surface area contributed by atoms with Crippen molar-refractivity contribution in [2.45, 2.75) is 6.04 Å². The van der Waals surface area contributed by atoms with Crippen molar-refractivity contribution >= 4 is 17.5 Å². The van der Waals surface area contributed by atoms with Crippen LogP contribution < -0.4 is 4.74 Å². The number of carbonyl (C=O) groups is 1. The van der Waals surface area contributed by atoms with Gasteiger partial charge >= 0.3 is 0 Å². The summed E-state index contributed by atoms with van der Waals surface area (Å²) >= 11 is 6.05. The Hall–Kier alpha value is -1.98. The molecule has 1 amide bonds. The summed E-state index contributed by atoms with van der Waals surface area (Å²) in [6.45, 7) is 2.61. The summed E-state index contributed by atoms with van der Waals surface area (Å²) in [5, 5.41) is 0.603. The van der Waals surface area contributed by atoms with Crippen LogP contribution in [0.1, 0.15) is 22.1 Å². The average Bonchev–Trinajstić information content (AvgIpc) is 3.26. The van der Waals surface area contributed by atoms with E-state index in [-0.39, 0.29) is 5.91 Å². The number of fused-ring (bicyclic) bond motifs is 1. The second kappa shape index (κ2) is 6.63. The van der Waals surface area contributed by atoms with Crippen LogP contribution in [0.5, 0.6) is 5.75 Å². The van der Waals surface area contributed by atoms with E-state index in [0.717, 1.165) is 25.4 Å². The molecular formula is C20H24ClN3O2. The molecule has 2 aromatic rings. The molecule has 4 rings (SSSR count). The highest BCUT2D eigenvalue weighted by Gasteiger charge is 2.47. The molecule has 2 aliphatic rings. The van der Waals surface area contributed by atoms with Gasteiger partial charge in [-0.15, -0.1) is 0 Å². The largest absolute Gasteiger partial charge is 0.497 e. The molecule has 5 nitrogen and oxygen atoms in total. The van der Waals surface area contributed by atoms with Crippen molar-refractivity contribution < 1.29 is 9.53 Å². The lowest BCUT2D eigenvalue weighted by atomic mass is 9.89. The maximum Gasteiger partial charge on any atom is 0.270 e. The standard InChI is InChI=1S/C20H24ClN3O2/c1-22-11-15(21)8-18(22)20(25)24-10-14-9-23(2)19(17(14)12-24)13-4-6-16(26-3)7-5-13/h4-8,11,14,17,19H,9-10,12H2,1-3H3/t14-,17+,19+/m0/s1. The van der Waals surface area contributed by atoms with Crippen LogP contribution >= 0.6 is 11.6 Å². The number of methoxy groups -OCH3 is 1.